The number of alkyl halides is 1. The lowest BCUT2D eigenvalue weighted by Crippen LogP contribution is -2.50. The smallest absolute Gasteiger partial charge is 0.195 e. The highest BCUT2D eigenvalue weighted by atomic mass is 79.9. The first kappa shape index (κ1) is 23.8. The molecule has 0 aliphatic rings. The minimum Gasteiger partial charge on any atom is -0.393 e. The highest BCUT2D eigenvalue weighted by Crippen LogP contribution is 2.41. The summed E-state index contributed by atoms with van der Waals surface area (Å²) in [4.78, 5) is 0. The van der Waals surface area contributed by atoms with Gasteiger partial charge in [0.15, 0.2) is 16.6 Å². The van der Waals surface area contributed by atoms with Crippen molar-refractivity contribution in [3.05, 3.63) is 0 Å². The van der Waals surface area contributed by atoms with Crippen LogP contribution in [0, 0.1) is 0 Å². The summed E-state index contributed by atoms with van der Waals surface area (Å²) < 4.78 is 13.3. The molecule has 0 N–H and O–H groups in total. The molecule has 0 aromatic heterocycles. The van der Waals surface area contributed by atoms with Crippen LogP contribution in [-0.2, 0) is 8.85 Å². The quantitative estimate of drug-likeness (QED) is 0.167. The van der Waals surface area contributed by atoms with Gasteiger partial charge in [0.25, 0.3) is 0 Å². The molecule has 0 aliphatic carbocycles. The Morgan fingerprint density at radius 2 is 1.13 bits per heavy atom. The van der Waals surface area contributed by atoms with Gasteiger partial charge in [0.2, 0.25) is 0 Å². The van der Waals surface area contributed by atoms with Crippen molar-refractivity contribution in [1.29, 1.82) is 0 Å². The van der Waals surface area contributed by atoms with E-state index in [9.17, 15) is 0 Å². The fourth-order valence-corrected chi connectivity index (χ4v) is 4.58. The van der Waals surface area contributed by atoms with E-state index in [0.29, 0.717) is 0 Å². The maximum Gasteiger partial charge on any atom is 0.195 e. The van der Waals surface area contributed by atoms with Gasteiger partial charge in [-0.1, -0.05) is 63.9 Å². The second kappa shape index (κ2) is 8.97. The molecule has 0 atom stereocenters. The van der Waals surface area contributed by atoms with Gasteiger partial charge >= 0.3 is 0 Å². The molecule has 0 aromatic carbocycles. The van der Waals surface area contributed by atoms with Crippen LogP contribution in [0.2, 0.25) is 36.3 Å². The molecule has 0 saturated heterocycles. The Kier molecular flexibility index (Phi) is 9.30. The van der Waals surface area contributed by atoms with Crippen LogP contribution >= 0.6 is 15.9 Å². The van der Waals surface area contributed by atoms with E-state index in [1.54, 1.807) is 0 Å². The molecular weight excluding hydrogens is 384 g/mol. The van der Waals surface area contributed by atoms with Crippen LogP contribution in [0.15, 0.2) is 0 Å². The van der Waals surface area contributed by atoms with Gasteiger partial charge in [-0.2, -0.15) is 0 Å². The van der Waals surface area contributed by atoms with Gasteiger partial charge in [0, 0.05) is 5.33 Å². The molecule has 23 heavy (non-hydrogen) atoms. The van der Waals surface area contributed by atoms with Crippen LogP contribution in [0.3, 0.4) is 0 Å². The highest BCUT2D eigenvalue weighted by molar-refractivity contribution is 9.09. The Bertz CT molecular complexity index is 316. The van der Waals surface area contributed by atoms with Crippen LogP contribution in [0.25, 0.3) is 0 Å². The molecule has 5 heteroatoms. The maximum atomic E-state index is 6.65. The van der Waals surface area contributed by atoms with Crippen molar-refractivity contribution < 1.29 is 8.85 Å². The van der Waals surface area contributed by atoms with Crippen LogP contribution in [0.4, 0.5) is 0 Å². The first-order valence-electron chi connectivity index (χ1n) is 9.06. The zero-order valence-corrected chi connectivity index (χ0v) is 20.9. The monoisotopic (exact) mass is 424 g/mol. The Morgan fingerprint density at radius 1 is 0.739 bits per heavy atom. The molecule has 2 nitrogen and oxygen atoms in total. The summed E-state index contributed by atoms with van der Waals surface area (Å²) in [5, 5.41) is 1.53. The fourth-order valence-electron chi connectivity index (χ4n) is 1.73. The molecule has 0 saturated carbocycles. The van der Waals surface area contributed by atoms with Gasteiger partial charge in [-0.25, -0.2) is 0 Å². The standard InChI is InChI=1S/C18H41BrO2Si2/c1-17(2,3)22(7,8)20-16(14-12-11-13-15-19)21-23(9,10)18(4,5)6/h16H,11-15H2,1-10H3. The molecule has 0 unspecified atom stereocenters. The SMILES string of the molecule is CC(C)(C)[Si](C)(C)OC(CCCCCBr)O[Si](C)(C)C(C)(C)C. The van der Waals surface area contributed by atoms with E-state index in [-0.39, 0.29) is 16.4 Å². The molecule has 0 aromatic rings. The maximum absolute atomic E-state index is 6.65. The van der Waals surface area contributed by atoms with E-state index < -0.39 is 16.6 Å². The number of hydrogen-bond donors (Lipinski definition) is 0. The van der Waals surface area contributed by atoms with E-state index in [1.165, 1.54) is 19.3 Å². The van der Waals surface area contributed by atoms with Crippen molar-refractivity contribution in [3.8, 4) is 0 Å². The van der Waals surface area contributed by atoms with Crippen molar-refractivity contribution in [2.75, 3.05) is 5.33 Å². The molecule has 0 amide bonds. The lowest BCUT2D eigenvalue weighted by Gasteiger charge is -2.44. The summed E-state index contributed by atoms with van der Waals surface area (Å²) in [5.41, 5.74) is 0. The van der Waals surface area contributed by atoms with E-state index >= 15 is 0 Å². The molecule has 0 radical (unpaired) electrons. The zero-order chi connectivity index (χ0) is 18.5. The van der Waals surface area contributed by atoms with Crippen molar-refractivity contribution in [2.24, 2.45) is 0 Å². The van der Waals surface area contributed by atoms with Crippen LogP contribution < -0.4 is 0 Å². The minimum atomic E-state index is -1.81. The summed E-state index contributed by atoms with van der Waals surface area (Å²) >= 11 is 3.52. The third kappa shape index (κ3) is 8.17. The fraction of sp³-hybridized carbons (Fsp3) is 1.00. The van der Waals surface area contributed by atoms with Gasteiger partial charge in [0.1, 0.15) is 6.29 Å². The van der Waals surface area contributed by atoms with E-state index in [2.05, 4.69) is 83.7 Å². The number of rotatable bonds is 9. The Hall–Kier alpha value is 0.834. The molecule has 0 spiro atoms. The first-order valence-corrected chi connectivity index (χ1v) is 16.0. The Balaban J connectivity index is 5.03. The van der Waals surface area contributed by atoms with Gasteiger partial charge in [-0.15, -0.1) is 0 Å². The zero-order valence-electron chi connectivity index (χ0n) is 17.3. The average Bonchev–Trinajstić information content (AvgIpc) is 2.30. The molecule has 0 heterocycles. The molecular formula is C18H41BrO2Si2. The third-order valence-corrected chi connectivity index (χ3v) is 15.0. The van der Waals surface area contributed by atoms with Crippen LogP contribution in [0.5, 0.6) is 0 Å². The van der Waals surface area contributed by atoms with Crippen LogP contribution in [0.1, 0.15) is 67.2 Å². The van der Waals surface area contributed by atoms with E-state index in [1.807, 2.05) is 0 Å². The molecule has 0 rings (SSSR count). The van der Waals surface area contributed by atoms with Crippen molar-refractivity contribution in [3.63, 3.8) is 0 Å². The number of unbranched alkanes of at least 4 members (excludes halogenated alkanes) is 2. The predicted molar refractivity (Wildman–Crippen MR) is 113 cm³/mol. The predicted octanol–water partition coefficient (Wildman–Crippen LogP) is 7.31. The molecule has 0 fully saturated rings. The van der Waals surface area contributed by atoms with Crippen molar-refractivity contribution >= 4 is 32.6 Å². The lowest BCUT2D eigenvalue weighted by atomic mass is 10.2. The summed E-state index contributed by atoms with van der Waals surface area (Å²) in [6, 6.07) is 0. The van der Waals surface area contributed by atoms with Gasteiger partial charge < -0.3 is 8.85 Å². The summed E-state index contributed by atoms with van der Waals surface area (Å²) in [6.45, 7) is 23.1. The Morgan fingerprint density at radius 3 is 1.43 bits per heavy atom. The molecule has 0 aliphatic heterocycles. The highest BCUT2D eigenvalue weighted by Gasteiger charge is 2.43. The molecule has 0 bridgehead atoms. The first-order chi connectivity index (χ1) is 10.1. The second-order valence-electron chi connectivity index (χ2n) is 9.72. The lowest BCUT2D eigenvalue weighted by molar-refractivity contribution is -0.0241. The average molecular weight is 426 g/mol. The van der Waals surface area contributed by atoms with Crippen molar-refractivity contribution in [2.45, 2.75) is 110 Å². The summed E-state index contributed by atoms with van der Waals surface area (Å²) in [5.74, 6) is 0. The second-order valence-corrected chi connectivity index (χ2v) is 20.0. The van der Waals surface area contributed by atoms with Gasteiger partial charge in [-0.05, 0) is 55.5 Å². The van der Waals surface area contributed by atoms with Crippen molar-refractivity contribution in [1.82, 2.24) is 0 Å². The molecule has 140 valence electrons. The minimum absolute atomic E-state index is 0.0351. The summed E-state index contributed by atoms with van der Waals surface area (Å²) in [6.07, 6.45) is 4.63. The third-order valence-electron chi connectivity index (χ3n) is 5.54. The normalized spacial score (nSPS) is 14.6. The summed E-state index contributed by atoms with van der Waals surface area (Å²) in [7, 11) is -3.61. The largest absolute Gasteiger partial charge is 0.393 e. The Labute approximate surface area is 156 Å². The number of hydrogen-bond acceptors (Lipinski definition) is 2. The van der Waals surface area contributed by atoms with Gasteiger partial charge in [0.05, 0.1) is 0 Å². The van der Waals surface area contributed by atoms with E-state index in [0.717, 1.165) is 11.8 Å². The topological polar surface area (TPSA) is 18.5 Å². The van der Waals surface area contributed by atoms with E-state index in [4.69, 9.17) is 8.85 Å². The van der Waals surface area contributed by atoms with Crippen LogP contribution in [-0.4, -0.2) is 28.3 Å². The number of halogens is 1. The van der Waals surface area contributed by atoms with Gasteiger partial charge in [-0.3, -0.25) is 0 Å².